The fourth-order valence-electron chi connectivity index (χ4n) is 4.31. The summed E-state index contributed by atoms with van der Waals surface area (Å²) in [6.45, 7) is 6.87. The lowest BCUT2D eigenvalue weighted by Gasteiger charge is -2.37. The molecule has 1 aromatic carbocycles. The summed E-state index contributed by atoms with van der Waals surface area (Å²) in [7, 11) is 2.19. The van der Waals surface area contributed by atoms with Crippen molar-refractivity contribution in [1.29, 1.82) is 0 Å². The van der Waals surface area contributed by atoms with Gasteiger partial charge in [-0.2, -0.15) is 0 Å². The highest BCUT2D eigenvalue weighted by Gasteiger charge is 2.32. The Hall–Kier alpha value is -1.99. The molecule has 2 aromatic rings. The van der Waals surface area contributed by atoms with Crippen LogP contribution in [0.1, 0.15) is 56.1 Å². The Morgan fingerprint density at radius 2 is 1.78 bits per heavy atom. The fraction of sp³-hybridized carbons (Fsp3) is 0.650. The second-order valence-electron chi connectivity index (χ2n) is 7.66. The molecule has 1 aliphatic heterocycles. The molecule has 0 radical (unpaired) electrons. The minimum Gasteiger partial charge on any atom is -0.494 e. The van der Waals surface area contributed by atoms with Gasteiger partial charge in [0.2, 0.25) is 0 Å². The van der Waals surface area contributed by atoms with Crippen molar-refractivity contribution in [2.75, 3.05) is 39.8 Å². The average Bonchev–Trinajstić information content (AvgIpc) is 3.37. The molecule has 1 atom stereocenters. The molecule has 1 saturated carbocycles. The molecule has 0 bridgehead atoms. The van der Waals surface area contributed by atoms with Crippen LogP contribution in [0, 0.1) is 0 Å². The molecule has 7 heteroatoms. The van der Waals surface area contributed by atoms with Crippen LogP contribution < -0.4 is 4.74 Å². The molecular formula is C20H30N6O. The molecule has 2 heterocycles. The van der Waals surface area contributed by atoms with Crippen LogP contribution in [-0.2, 0) is 0 Å². The van der Waals surface area contributed by atoms with Gasteiger partial charge in [-0.1, -0.05) is 25.0 Å². The van der Waals surface area contributed by atoms with E-state index >= 15 is 0 Å². The summed E-state index contributed by atoms with van der Waals surface area (Å²) in [6.07, 6.45) is 4.89. The van der Waals surface area contributed by atoms with Gasteiger partial charge in [-0.25, -0.2) is 4.68 Å². The van der Waals surface area contributed by atoms with E-state index in [1.807, 2.05) is 6.92 Å². The summed E-state index contributed by atoms with van der Waals surface area (Å²) in [5.74, 6) is 1.89. The first-order chi connectivity index (χ1) is 13.3. The standard InChI is InChI=1S/C20H30N6O/c1-3-27-18-10-8-16(9-11-18)19(25-14-12-24(2)13-15-25)20-21-22-23-26(20)17-6-4-5-7-17/h8-11,17,19H,3-7,12-15H2,1-2H3. The summed E-state index contributed by atoms with van der Waals surface area (Å²) >= 11 is 0. The predicted octanol–water partition coefficient (Wildman–Crippen LogP) is 2.52. The summed E-state index contributed by atoms with van der Waals surface area (Å²) in [4.78, 5) is 4.90. The molecule has 1 aliphatic carbocycles. The Labute approximate surface area is 161 Å². The molecule has 1 saturated heterocycles. The number of likely N-dealkylation sites (N-methyl/N-ethyl adjacent to an activating group) is 1. The predicted molar refractivity (Wildman–Crippen MR) is 104 cm³/mol. The van der Waals surface area contributed by atoms with Crippen molar-refractivity contribution < 1.29 is 4.74 Å². The summed E-state index contributed by atoms with van der Waals surface area (Å²) in [5, 5.41) is 13.0. The molecule has 1 unspecified atom stereocenters. The molecular weight excluding hydrogens is 340 g/mol. The molecule has 0 spiro atoms. The maximum absolute atomic E-state index is 5.63. The Balaban J connectivity index is 1.67. The van der Waals surface area contributed by atoms with E-state index in [9.17, 15) is 0 Å². The third-order valence-electron chi connectivity index (χ3n) is 5.84. The van der Waals surface area contributed by atoms with E-state index in [-0.39, 0.29) is 6.04 Å². The van der Waals surface area contributed by atoms with Crippen LogP contribution in [-0.4, -0.2) is 69.8 Å². The van der Waals surface area contributed by atoms with Crippen LogP contribution in [0.25, 0.3) is 0 Å². The lowest BCUT2D eigenvalue weighted by Crippen LogP contribution is -2.46. The molecule has 1 aromatic heterocycles. The Morgan fingerprint density at radius 1 is 1.07 bits per heavy atom. The van der Waals surface area contributed by atoms with Crippen molar-refractivity contribution in [1.82, 2.24) is 30.0 Å². The topological polar surface area (TPSA) is 59.3 Å². The highest BCUT2D eigenvalue weighted by atomic mass is 16.5. The van der Waals surface area contributed by atoms with Gasteiger partial charge < -0.3 is 9.64 Å². The monoisotopic (exact) mass is 370 g/mol. The van der Waals surface area contributed by atoms with Gasteiger partial charge in [-0.05, 0) is 54.9 Å². The van der Waals surface area contributed by atoms with Crippen LogP contribution in [0.2, 0.25) is 0 Å². The zero-order valence-corrected chi connectivity index (χ0v) is 16.4. The molecule has 2 aliphatic rings. The fourth-order valence-corrected chi connectivity index (χ4v) is 4.31. The van der Waals surface area contributed by atoms with Crippen molar-refractivity contribution in [2.24, 2.45) is 0 Å². The van der Waals surface area contributed by atoms with Crippen LogP contribution in [0.4, 0.5) is 0 Å². The van der Waals surface area contributed by atoms with Crippen LogP contribution >= 0.6 is 0 Å². The first-order valence-corrected chi connectivity index (χ1v) is 10.2. The molecule has 0 amide bonds. The lowest BCUT2D eigenvalue weighted by atomic mass is 10.0. The second kappa shape index (κ2) is 8.35. The summed E-state index contributed by atoms with van der Waals surface area (Å²) in [6, 6.07) is 8.98. The van der Waals surface area contributed by atoms with Gasteiger partial charge in [0.1, 0.15) is 5.75 Å². The Bertz CT molecular complexity index is 716. The highest BCUT2D eigenvalue weighted by Crippen LogP contribution is 2.34. The number of benzene rings is 1. The van der Waals surface area contributed by atoms with E-state index in [1.165, 1.54) is 31.2 Å². The van der Waals surface area contributed by atoms with Crippen molar-refractivity contribution in [3.05, 3.63) is 35.7 Å². The molecule has 0 N–H and O–H groups in total. The first-order valence-electron chi connectivity index (χ1n) is 10.2. The Morgan fingerprint density at radius 3 is 2.44 bits per heavy atom. The molecule has 7 nitrogen and oxygen atoms in total. The van der Waals surface area contributed by atoms with Crippen LogP contribution in [0.3, 0.4) is 0 Å². The number of rotatable bonds is 6. The van der Waals surface area contributed by atoms with Crippen molar-refractivity contribution in [3.63, 3.8) is 0 Å². The molecule has 146 valence electrons. The SMILES string of the molecule is CCOc1ccc(C(c2nnnn2C2CCCC2)N2CCN(C)CC2)cc1. The van der Waals surface area contributed by atoms with Gasteiger partial charge in [0.25, 0.3) is 0 Å². The maximum atomic E-state index is 5.63. The number of piperazine rings is 1. The van der Waals surface area contributed by atoms with Gasteiger partial charge in [0, 0.05) is 26.2 Å². The van der Waals surface area contributed by atoms with E-state index in [2.05, 4.69) is 61.3 Å². The van der Waals surface area contributed by atoms with E-state index < -0.39 is 0 Å². The Kier molecular flexibility index (Phi) is 5.69. The van der Waals surface area contributed by atoms with Crippen molar-refractivity contribution in [2.45, 2.75) is 44.7 Å². The number of hydrogen-bond donors (Lipinski definition) is 0. The first kappa shape index (κ1) is 18.4. The third-order valence-corrected chi connectivity index (χ3v) is 5.84. The highest BCUT2D eigenvalue weighted by molar-refractivity contribution is 5.32. The normalized spacial score (nSPS) is 20.8. The second-order valence-corrected chi connectivity index (χ2v) is 7.66. The smallest absolute Gasteiger partial charge is 0.173 e. The van der Waals surface area contributed by atoms with Gasteiger partial charge in [-0.15, -0.1) is 5.10 Å². The zero-order chi connectivity index (χ0) is 18.6. The molecule has 4 rings (SSSR count). The molecule has 27 heavy (non-hydrogen) atoms. The third kappa shape index (κ3) is 3.99. The van der Waals surface area contributed by atoms with Gasteiger partial charge >= 0.3 is 0 Å². The van der Waals surface area contributed by atoms with E-state index in [1.54, 1.807) is 0 Å². The minimum absolute atomic E-state index is 0.0879. The van der Waals surface area contributed by atoms with Crippen molar-refractivity contribution in [3.8, 4) is 5.75 Å². The van der Waals surface area contributed by atoms with Crippen LogP contribution in [0.15, 0.2) is 24.3 Å². The van der Waals surface area contributed by atoms with E-state index in [0.29, 0.717) is 12.6 Å². The quantitative estimate of drug-likeness (QED) is 0.779. The summed E-state index contributed by atoms with van der Waals surface area (Å²) < 4.78 is 7.73. The van der Waals surface area contributed by atoms with Crippen LogP contribution in [0.5, 0.6) is 5.75 Å². The van der Waals surface area contributed by atoms with E-state index in [0.717, 1.165) is 37.8 Å². The summed E-state index contributed by atoms with van der Waals surface area (Å²) in [5.41, 5.74) is 1.23. The number of tetrazole rings is 1. The number of ether oxygens (including phenoxy) is 1. The number of aromatic nitrogens is 4. The number of nitrogens with zero attached hydrogens (tertiary/aromatic N) is 6. The van der Waals surface area contributed by atoms with E-state index in [4.69, 9.17) is 4.74 Å². The van der Waals surface area contributed by atoms with Gasteiger partial charge in [0.05, 0.1) is 18.7 Å². The van der Waals surface area contributed by atoms with Crippen molar-refractivity contribution >= 4 is 0 Å². The minimum atomic E-state index is 0.0879. The maximum Gasteiger partial charge on any atom is 0.173 e. The van der Waals surface area contributed by atoms with Gasteiger partial charge in [-0.3, -0.25) is 4.90 Å². The average molecular weight is 371 g/mol. The largest absolute Gasteiger partial charge is 0.494 e. The number of hydrogen-bond acceptors (Lipinski definition) is 6. The molecule has 2 fully saturated rings. The zero-order valence-electron chi connectivity index (χ0n) is 16.4. The van der Waals surface area contributed by atoms with Gasteiger partial charge in [0.15, 0.2) is 5.82 Å². The lowest BCUT2D eigenvalue weighted by molar-refractivity contribution is 0.120.